The van der Waals surface area contributed by atoms with Crippen LogP contribution in [0.4, 0.5) is 0 Å². The van der Waals surface area contributed by atoms with Gasteiger partial charge in [0.05, 0.1) is 7.11 Å². The SMILES string of the molecule is CCCCc1nccn1Cc1ccc(OC)cc1. The molecule has 0 radical (unpaired) electrons. The molecule has 0 aliphatic carbocycles. The molecular weight excluding hydrogens is 224 g/mol. The number of nitrogens with zero attached hydrogens (tertiary/aromatic N) is 2. The summed E-state index contributed by atoms with van der Waals surface area (Å²) in [6.45, 7) is 3.08. The second-order valence-electron chi connectivity index (χ2n) is 4.42. The van der Waals surface area contributed by atoms with Gasteiger partial charge in [-0.25, -0.2) is 4.98 Å². The van der Waals surface area contributed by atoms with E-state index in [0.29, 0.717) is 0 Å². The number of rotatable bonds is 6. The maximum absolute atomic E-state index is 5.16. The second-order valence-corrected chi connectivity index (χ2v) is 4.42. The fraction of sp³-hybridized carbons (Fsp3) is 0.400. The lowest BCUT2D eigenvalue weighted by Gasteiger charge is -2.08. The first-order valence-electron chi connectivity index (χ1n) is 6.46. The Bertz CT molecular complexity index is 473. The molecule has 1 aromatic carbocycles. The van der Waals surface area contributed by atoms with Gasteiger partial charge in [-0.3, -0.25) is 0 Å². The quantitative estimate of drug-likeness (QED) is 0.779. The van der Waals surface area contributed by atoms with Crippen LogP contribution in [0.15, 0.2) is 36.7 Å². The molecule has 0 bridgehead atoms. The van der Waals surface area contributed by atoms with Gasteiger partial charge in [-0.2, -0.15) is 0 Å². The van der Waals surface area contributed by atoms with Crippen molar-refractivity contribution in [2.75, 3.05) is 7.11 Å². The van der Waals surface area contributed by atoms with E-state index < -0.39 is 0 Å². The lowest BCUT2D eigenvalue weighted by atomic mass is 10.2. The predicted octanol–water partition coefficient (Wildman–Crippen LogP) is 3.28. The first-order chi connectivity index (χ1) is 8.83. The van der Waals surface area contributed by atoms with Crippen molar-refractivity contribution in [2.24, 2.45) is 0 Å². The zero-order valence-electron chi connectivity index (χ0n) is 11.1. The van der Waals surface area contributed by atoms with Gasteiger partial charge in [-0.15, -0.1) is 0 Å². The summed E-state index contributed by atoms with van der Waals surface area (Å²) in [5, 5.41) is 0. The van der Waals surface area contributed by atoms with Crippen LogP contribution in [0.2, 0.25) is 0 Å². The number of aryl methyl sites for hydroxylation is 1. The van der Waals surface area contributed by atoms with Crippen molar-refractivity contribution in [1.29, 1.82) is 0 Å². The molecule has 0 unspecified atom stereocenters. The summed E-state index contributed by atoms with van der Waals surface area (Å²) in [7, 11) is 1.69. The molecule has 96 valence electrons. The molecule has 0 saturated heterocycles. The standard InChI is InChI=1S/C15H20N2O/c1-3-4-5-15-16-10-11-17(15)12-13-6-8-14(18-2)9-7-13/h6-11H,3-5,12H2,1-2H3. The van der Waals surface area contributed by atoms with E-state index in [1.165, 1.54) is 24.2 Å². The Morgan fingerprint density at radius 3 is 2.67 bits per heavy atom. The zero-order chi connectivity index (χ0) is 12.8. The van der Waals surface area contributed by atoms with E-state index in [1.807, 2.05) is 18.3 Å². The van der Waals surface area contributed by atoms with Crippen molar-refractivity contribution in [3.63, 3.8) is 0 Å². The second kappa shape index (κ2) is 6.24. The highest BCUT2D eigenvalue weighted by molar-refractivity contribution is 5.27. The number of hydrogen-bond acceptors (Lipinski definition) is 2. The van der Waals surface area contributed by atoms with Crippen molar-refractivity contribution in [3.8, 4) is 5.75 Å². The third-order valence-electron chi connectivity index (χ3n) is 3.07. The summed E-state index contributed by atoms with van der Waals surface area (Å²) in [4.78, 5) is 4.42. The molecule has 0 N–H and O–H groups in total. The molecule has 0 aliphatic heterocycles. The molecule has 0 amide bonds. The molecule has 1 aromatic heterocycles. The van der Waals surface area contributed by atoms with Crippen LogP contribution < -0.4 is 4.74 Å². The van der Waals surface area contributed by atoms with Crippen LogP contribution >= 0.6 is 0 Å². The van der Waals surface area contributed by atoms with Gasteiger partial charge in [0.2, 0.25) is 0 Å². The average Bonchev–Trinajstić information content (AvgIpc) is 2.84. The summed E-state index contributed by atoms with van der Waals surface area (Å²) in [5.41, 5.74) is 1.27. The molecule has 0 saturated carbocycles. The van der Waals surface area contributed by atoms with Crippen LogP contribution in [0.1, 0.15) is 31.2 Å². The van der Waals surface area contributed by atoms with Gasteiger partial charge < -0.3 is 9.30 Å². The van der Waals surface area contributed by atoms with Crippen LogP contribution in [0.25, 0.3) is 0 Å². The Morgan fingerprint density at radius 1 is 1.22 bits per heavy atom. The molecule has 1 heterocycles. The Labute approximate surface area is 108 Å². The van der Waals surface area contributed by atoms with Gasteiger partial charge in [0, 0.05) is 25.4 Å². The number of ether oxygens (including phenoxy) is 1. The molecule has 2 rings (SSSR count). The van der Waals surface area contributed by atoms with E-state index >= 15 is 0 Å². The number of benzene rings is 1. The summed E-state index contributed by atoms with van der Waals surface area (Å²) < 4.78 is 7.38. The van der Waals surface area contributed by atoms with Crippen molar-refractivity contribution in [3.05, 3.63) is 48.0 Å². The largest absolute Gasteiger partial charge is 0.497 e. The fourth-order valence-corrected chi connectivity index (χ4v) is 1.97. The first-order valence-corrected chi connectivity index (χ1v) is 6.46. The monoisotopic (exact) mass is 244 g/mol. The minimum Gasteiger partial charge on any atom is -0.497 e. The van der Waals surface area contributed by atoms with E-state index in [0.717, 1.165) is 18.7 Å². The van der Waals surface area contributed by atoms with Crippen LogP contribution in [0, 0.1) is 0 Å². The highest BCUT2D eigenvalue weighted by Gasteiger charge is 2.03. The average molecular weight is 244 g/mol. The molecule has 3 nitrogen and oxygen atoms in total. The number of hydrogen-bond donors (Lipinski definition) is 0. The normalized spacial score (nSPS) is 10.6. The topological polar surface area (TPSA) is 27.1 Å². The third-order valence-corrected chi connectivity index (χ3v) is 3.07. The van der Waals surface area contributed by atoms with Crippen molar-refractivity contribution >= 4 is 0 Å². The zero-order valence-corrected chi connectivity index (χ0v) is 11.1. The minimum atomic E-state index is 0.878. The van der Waals surface area contributed by atoms with Crippen LogP contribution in [-0.2, 0) is 13.0 Å². The van der Waals surface area contributed by atoms with Gasteiger partial charge in [0.15, 0.2) is 0 Å². The summed E-state index contributed by atoms with van der Waals surface area (Å²) in [6, 6.07) is 8.20. The summed E-state index contributed by atoms with van der Waals surface area (Å²) >= 11 is 0. The highest BCUT2D eigenvalue weighted by atomic mass is 16.5. The van der Waals surface area contributed by atoms with E-state index in [-0.39, 0.29) is 0 Å². The van der Waals surface area contributed by atoms with Crippen LogP contribution in [0.5, 0.6) is 5.75 Å². The van der Waals surface area contributed by atoms with E-state index in [4.69, 9.17) is 4.74 Å². The Balaban J connectivity index is 2.05. The maximum Gasteiger partial charge on any atom is 0.118 e. The molecule has 3 heteroatoms. The summed E-state index contributed by atoms with van der Waals surface area (Å²) in [6.07, 6.45) is 7.39. The van der Waals surface area contributed by atoms with Crippen molar-refractivity contribution in [2.45, 2.75) is 32.7 Å². The molecule has 0 fully saturated rings. The molecular formula is C15H20N2O. The molecule has 2 aromatic rings. The lowest BCUT2D eigenvalue weighted by molar-refractivity contribution is 0.414. The van der Waals surface area contributed by atoms with Gasteiger partial charge in [0.25, 0.3) is 0 Å². The third kappa shape index (κ3) is 3.13. The Morgan fingerprint density at radius 2 is 2.00 bits per heavy atom. The van der Waals surface area contributed by atoms with Gasteiger partial charge >= 0.3 is 0 Å². The number of imidazole rings is 1. The molecule has 18 heavy (non-hydrogen) atoms. The first kappa shape index (κ1) is 12.7. The molecule has 0 spiro atoms. The van der Waals surface area contributed by atoms with Crippen LogP contribution in [0.3, 0.4) is 0 Å². The van der Waals surface area contributed by atoms with E-state index in [9.17, 15) is 0 Å². The highest BCUT2D eigenvalue weighted by Crippen LogP contribution is 2.13. The van der Waals surface area contributed by atoms with E-state index in [2.05, 4.69) is 34.8 Å². The Hall–Kier alpha value is -1.77. The minimum absolute atomic E-state index is 0.878. The Kier molecular flexibility index (Phi) is 4.40. The van der Waals surface area contributed by atoms with Crippen molar-refractivity contribution < 1.29 is 4.74 Å². The number of aromatic nitrogens is 2. The van der Waals surface area contributed by atoms with Crippen molar-refractivity contribution in [1.82, 2.24) is 9.55 Å². The van der Waals surface area contributed by atoms with Gasteiger partial charge in [-0.05, 0) is 24.1 Å². The number of methoxy groups -OCH3 is 1. The molecule has 0 atom stereocenters. The van der Waals surface area contributed by atoms with Gasteiger partial charge in [-0.1, -0.05) is 25.5 Å². The van der Waals surface area contributed by atoms with E-state index in [1.54, 1.807) is 7.11 Å². The lowest BCUT2D eigenvalue weighted by Crippen LogP contribution is -2.04. The maximum atomic E-state index is 5.16. The van der Waals surface area contributed by atoms with Gasteiger partial charge in [0.1, 0.15) is 11.6 Å². The smallest absolute Gasteiger partial charge is 0.118 e. The molecule has 0 aliphatic rings. The van der Waals surface area contributed by atoms with Crippen LogP contribution in [-0.4, -0.2) is 16.7 Å². The predicted molar refractivity (Wildman–Crippen MR) is 72.9 cm³/mol. The summed E-state index contributed by atoms with van der Waals surface area (Å²) in [5.74, 6) is 2.07. The number of unbranched alkanes of at least 4 members (excludes halogenated alkanes) is 1. The fourth-order valence-electron chi connectivity index (χ4n) is 1.97.